The van der Waals surface area contributed by atoms with Gasteiger partial charge in [0.1, 0.15) is 0 Å². The van der Waals surface area contributed by atoms with Crippen molar-refractivity contribution < 1.29 is 14.0 Å². The summed E-state index contributed by atoms with van der Waals surface area (Å²) in [6.07, 6.45) is 1.46. The fraction of sp³-hybridized carbons (Fsp3) is 0.368. The lowest BCUT2D eigenvalue weighted by Gasteiger charge is -2.18. The van der Waals surface area contributed by atoms with Gasteiger partial charge in [0.2, 0.25) is 0 Å². The minimum absolute atomic E-state index is 0. The molecule has 0 saturated carbocycles. The number of nitrogens with zero attached hydrogens (tertiary/aromatic N) is 1. The van der Waals surface area contributed by atoms with E-state index >= 15 is 0 Å². The van der Waals surface area contributed by atoms with E-state index in [9.17, 15) is 9.59 Å². The molecular formula is C19H22ClN3O3. The number of likely N-dealkylation sites (tertiary alicyclic amines) is 1. The first-order valence-corrected chi connectivity index (χ1v) is 8.57. The largest absolute Gasteiger partial charge is 0.459 e. The highest BCUT2D eigenvalue weighted by Gasteiger charge is 2.38. The molecule has 0 aliphatic carbocycles. The van der Waals surface area contributed by atoms with E-state index in [1.807, 2.05) is 24.0 Å². The highest BCUT2D eigenvalue weighted by atomic mass is 35.5. The Labute approximate surface area is 158 Å². The van der Waals surface area contributed by atoms with Gasteiger partial charge in [0.25, 0.3) is 11.8 Å². The zero-order chi connectivity index (χ0) is 17.4. The van der Waals surface area contributed by atoms with Crippen molar-refractivity contribution in [2.75, 3.05) is 31.5 Å². The minimum atomic E-state index is -0.320. The number of fused-ring (bicyclic) bond motifs is 1. The highest BCUT2D eigenvalue weighted by molar-refractivity contribution is 6.04. The molecular weight excluding hydrogens is 354 g/mol. The molecule has 1 aromatic carbocycles. The number of nitrogens with one attached hydrogen (secondary N) is 2. The summed E-state index contributed by atoms with van der Waals surface area (Å²) in [4.78, 5) is 26.9. The molecule has 26 heavy (non-hydrogen) atoms. The Bertz CT molecular complexity index is 794. The van der Waals surface area contributed by atoms with E-state index in [1.165, 1.54) is 6.26 Å². The molecule has 2 N–H and O–H groups in total. The lowest BCUT2D eigenvalue weighted by Crippen LogP contribution is -2.32. The number of aryl methyl sites for hydroxylation is 1. The van der Waals surface area contributed by atoms with Gasteiger partial charge in [-0.25, -0.2) is 0 Å². The van der Waals surface area contributed by atoms with E-state index in [-0.39, 0.29) is 30.0 Å². The number of carbonyl (C=O) groups is 2. The molecule has 3 heterocycles. The highest BCUT2D eigenvalue weighted by Crippen LogP contribution is 2.28. The van der Waals surface area contributed by atoms with Crippen molar-refractivity contribution in [2.45, 2.75) is 6.92 Å². The Morgan fingerprint density at radius 1 is 1.19 bits per heavy atom. The standard InChI is InChI=1S/C19H21N3O3.ClH/c1-12-4-5-13(7-16(12)21-18(23)17-3-2-6-25-17)19(24)22-10-14-8-20-9-15(14)11-22;/h2-7,14-15,20H,8-11H2,1H3,(H,21,23);1H/t14-,15+;. The van der Waals surface area contributed by atoms with E-state index in [4.69, 9.17) is 4.42 Å². The summed E-state index contributed by atoms with van der Waals surface area (Å²) >= 11 is 0. The first-order chi connectivity index (χ1) is 12.1. The third-order valence-corrected chi connectivity index (χ3v) is 5.15. The predicted molar refractivity (Wildman–Crippen MR) is 101 cm³/mol. The van der Waals surface area contributed by atoms with Crippen molar-refractivity contribution >= 4 is 29.9 Å². The Hall–Kier alpha value is -2.31. The Kier molecular flexibility index (Phi) is 5.34. The van der Waals surface area contributed by atoms with Crippen molar-refractivity contribution in [1.29, 1.82) is 0 Å². The number of hydrogen-bond acceptors (Lipinski definition) is 4. The summed E-state index contributed by atoms with van der Waals surface area (Å²) < 4.78 is 5.12. The van der Waals surface area contributed by atoms with Crippen molar-refractivity contribution in [3.8, 4) is 0 Å². The molecule has 0 spiro atoms. The maximum Gasteiger partial charge on any atom is 0.291 e. The van der Waals surface area contributed by atoms with Crippen LogP contribution in [-0.4, -0.2) is 42.9 Å². The summed E-state index contributed by atoms with van der Waals surface area (Å²) in [5.74, 6) is 1.08. The van der Waals surface area contributed by atoms with Crippen LogP contribution in [0.15, 0.2) is 41.0 Å². The monoisotopic (exact) mass is 375 g/mol. The molecule has 6 nitrogen and oxygen atoms in total. The topological polar surface area (TPSA) is 74.6 Å². The van der Waals surface area contributed by atoms with E-state index in [2.05, 4.69) is 10.6 Å². The zero-order valence-corrected chi connectivity index (χ0v) is 15.3. The molecule has 2 saturated heterocycles. The molecule has 0 bridgehead atoms. The Morgan fingerprint density at radius 3 is 2.58 bits per heavy atom. The number of furan rings is 1. The average molecular weight is 376 g/mol. The van der Waals surface area contributed by atoms with Gasteiger partial charge in [0, 0.05) is 37.4 Å². The fourth-order valence-corrected chi connectivity index (χ4v) is 3.69. The number of rotatable bonds is 3. The molecule has 138 valence electrons. The maximum atomic E-state index is 12.8. The van der Waals surface area contributed by atoms with Crippen molar-refractivity contribution in [2.24, 2.45) is 11.8 Å². The van der Waals surface area contributed by atoms with Gasteiger partial charge in [-0.2, -0.15) is 0 Å². The smallest absolute Gasteiger partial charge is 0.291 e. The summed E-state index contributed by atoms with van der Waals surface area (Å²) in [7, 11) is 0. The predicted octanol–water partition coefficient (Wildman–Crippen LogP) is 2.55. The second-order valence-electron chi connectivity index (χ2n) is 6.85. The minimum Gasteiger partial charge on any atom is -0.459 e. The zero-order valence-electron chi connectivity index (χ0n) is 14.5. The number of hydrogen-bond donors (Lipinski definition) is 2. The van der Waals surface area contributed by atoms with Gasteiger partial charge in [-0.3, -0.25) is 9.59 Å². The molecule has 2 aromatic rings. The Morgan fingerprint density at radius 2 is 1.92 bits per heavy atom. The first kappa shape index (κ1) is 18.5. The van der Waals surface area contributed by atoms with Crippen LogP contribution in [0, 0.1) is 18.8 Å². The van der Waals surface area contributed by atoms with Gasteiger partial charge < -0.3 is 20.0 Å². The number of carbonyl (C=O) groups excluding carboxylic acids is 2. The van der Waals surface area contributed by atoms with E-state index in [1.54, 1.807) is 18.2 Å². The van der Waals surface area contributed by atoms with Crippen LogP contribution in [0.2, 0.25) is 0 Å². The number of anilines is 1. The van der Waals surface area contributed by atoms with Gasteiger partial charge in [-0.05, 0) is 48.6 Å². The lowest BCUT2D eigenvalue weighted by molar-refractivity contribution is 0.0781. The van der Waals surface area contributed by atoms with Crippen molar-refractivity contribution in [3.05, 3.63) is 53.5 Å². The number of benzene rings is 1. The van der Waals surface area contributed by atoms with E-state index in [0.717, 1.165) is 31.7 Å². The molecule has 2 atom stereocenters. The number of amides is 2. The third-order valence-electron chi connectivity index (χ3n) is 5.15. The molecule has 2 aliphatic heterocycles. The molecule has 2 fully saturated rings. The van der Waals surface area contributed by atoms with Crippen LogP contribution in [0.25, 0.3) is 0 Å². The van der Waals surface area contributed by atoms with Crippen molar-refractivity contribution in [3.63, 3.8) is 0 Å². The number of halogens is 1. The fourth-order valence-electron chi connectivity index (χ4n) is 3.69. The maximum absolute atomic E-state index is 12.8. The van der Waals surface area contributed by atoms with Crippen LogP contribution >= 0.6 is 12.4 Å². The van der Waals surface area contributed by atoms with Gasteiger partial charge in [-0.15, -0.1) is 12.4 Å². The third kappa shape index (κ3) is 3.48. The van der Waals surface area contributed by atoms with Crippen LogP contribution in [0.3, 0.4) is 0 Å². The second kappa shape index (κ2) is 7.51. The SMILES string of the molecule is Cc1ccc(C(=O)N2C[C@H]3CNC[C@H]3C2)cc1NC(=O)c1ccco1.Cl. The normalized spacial score (nSPS) is 21.2. The van der Waals surface area contributed by atoms with Gasteiger partial charge in [0.05, 0.1) is 6.26 Å². The summed E-state index contributed by atoms with van der Waals surface area (Å²) in [6.45, 7) is 5.49. The Balaban J connectivity index is 0.00000196. The van der Waals surface area contributed by atoms with Crippen LogP contribution in [0.4, 0.5) is 5.69 Å². The van der Waals surface area contributed by atoms with Crippen LogP contribution < -0.4 is 10.6 Å². The summed E-state index contributed by atoms with van der Waals surface area (Å²) in [5.41, 5.74) is 2.14. The second-order valence-corrected chi connectivity index (χ2v) is 6.85. The average Bonchev–Trinajstić information content (AvgIpc) is 3.33. The molecule has 4 rings (SSSR count). The van der Waals surface area contributed by atoms with Gasteiger partial charge >= 0.3 is 0 Å². The van der Waals surface area contributed by atoms with Crippen molar-refractivity contribution in [1.82, 2.24) is 10.2 Å². The first-order valence-electron chi connectivity index (χ1n) is 8.57. The molecule has 2 aliphatic rings. The van der Waals surface area contributed by atoms with E-state index < -0.39 is 0 Å². The van der Waals surface area contributed by atoms with Crippen LogP contribution in [-0.2, 0) is 0 Å². The van der Waals surface area contributed by atoms with Crippen LogP contribution in [0.5, 0.6) is 0 Å². The van der Waals surface area contributed by atoms with Gasteiger partial charge in [-0.1, -0.05) is 6.07 Å². The van der Waals surface area contributed by atoms with E-state index in [0.29, 0.717) is 23.1 Å². The lowest BCUT2D eigenvalue weighted by atomic mass is 10.0. The molecule has 0 radical (unpaired) electrons. The van der Waals surface area contributed by atoms with Crippen LogP contribution in [0.1, 0.15) is 26.5 Å². The quantitative estimate of drug-likeness (QED) is 0.864. The molecule has 0 unspecified atom stereocenters. The molecule has 7 heteroatoms. The molecule has 1 aromatic heterocycles. The summed E-state index contributed by atoms with van der Waals surface area (Å²) in [5, 5.41) is 6.21. The summed E-state index contributed by atoms with van der Waals surface area (Å²) in [6, 6.07) is 8.72. The molecule has 2 amide bonds. The van der Waals surface area contributed by atoms with Gasteiger partial charge in [0.15, 0.2) is 5.76 Å².